The van der Waals surface area contributed by atoms with Crippen molar-refractivity contribution in [3.63, 3.8) is 0 Å². The van der Waals surface area contributed by atoms with Crippen molar-refractivity contribution in [3.8, 4) is 0 Å². The molecule has 0 aromatic carbocycles. The fourth-order valence-corrected chi connectivity index (χ4v) is 3.14. The summed E-state index contributed by atoms with van der Waals surface area (Å²) >= 11 is 0. The molecule has 0 spiro atoms. The smallest absolute Gasteiger partial charge is 0.141 e. The fraction of sp³-hybridized carbons (Fsp3) is 0.867. The van der Waals surface area contributed by atoms with Crippen LogP contribution in [0.15, 0.2) is 6.33 Å². The third kappa shape index (κ3) is 3.78. The van der Waals surface area contributed by atoms with Gasteiger partial charge in [0.25, 0.3) is 0 Å². The monoisotopic (exact) mass is 264 g/mol. The van der Waals surface area contributed by atoms with Crippen molar-refractivity contribution in [2.24, 2.45) is 11.8 Å². The minimum Gasteiger partial charge on any atom is -0.310 e. The highest BCUT2D eigenvalue weighted by Crippen LogP contribution is 2.35. The Balaban J connectivity index is 2.01. The second-order valence-electron chi connectivity index (χ2n) is 6.17. The second-order valence-corrected chi connectivity index (χ2v) is 6.17. The number of hydrogen-bond donors (Lipinski definition) is 1. The summed E-state index contributed by atoms with van der Waals surface area (Å²) in [7, 11) is 0. The molecule has 1 saturated carbocycles. The first-order chi connectivity index (χ1) is 9.22. The van der Waals surface area contributed by atoms with E-state index >= 15 is 0 Å². The zero-order valence-electron chi connectivity index (χ0n) is 12.6. The van der Waals surface area contributed by atoms with Crippen LogP contribution in [-0.2, 0) is 6.54 Å². The van der Waals surface area contributed by atoms with Crippen LogP contribution < -0.4 is 5.32 Å². The highest BCUT2D eigenvalue weighted by Gasteiger charge is 2.27. The second kappa shape index (κ2) is 7.04. The lowest BCUT2D eigenvalue weighted by atomic mass is 9.83. The average molecular weight is 264 g/mol. The molecule has 1 N–H and O–H groups in total. The number of aromatic nitrogens is 3. The Bertz CT molecular complexity index is 372. The number of nitrogens with one attached hydrogen (secondary N) is 1. The first-order valence-electron chi connectivity index (χ1n) is 7.81. The van der Waals surface area contributed by atoms with Gasteiger partial charge < -0.3 is 5.32 Å². The SMILES string of the molecule is CCC1CCCCC1n1ncnc1CNCC(C)C. The largest absolute Gasteiger partial charge is 0.310 e. The highest BCUT2D eigenvalue weighted by atomic mass is 15.4. The molecule has 1 aliphatic rings. The molecule has 19 heavy (non-hydrogen) atoms. The molecule has 1 heterocycles. The van der Waals surface area contributed by atoms with Crippen LogP contribution in [0.25, 0.3) is 0 Å². The van der Waals surface area contributed by atoms with E-state index in [2.05, 4.69) is 40.9 Å². The molecule has 1 aromatic heterocycles. The van der Waals surface area contributed by atoms with Crippen LogP contribution in [0.1, 0.15) is 64.7 Å². The van der Waals surface area contributed by atoms with Gasteiger partial charge in [-0.05, 0) is 31.2 Å². The van der Waals surface area contributed by atoms with E-state index in [1.54, 1.807) is 6.33 Å². The summed E-state index contributed by atoms with van der Waals surface area (Å²) in [4.78, 5) is 4.45. The Kier molecular flexibility index (Phi) is 5.37. The summed E-state index contributed by atoms with van der Waals surface area (Å²) in [6.45, 7) is 8.63. The van der Waals surface area contributed by atoms with E-state index in [4.69, 9.17) is 0 Å². The first-order valence-corrected chi connectivity index (χ1v) is 7.81. The summed E-state index contributed by atoms with van der Waals surface area (Å²) in [5.74, 6) is 2.56. The van der Waals surface area contributed by atoms with Gasteiger partial charge in [0.2, 0.25) is 0 Å². The van der Waals surface area contributed by atoms with E-state index in [1.807, 2.05) is 0 Å². The fourth-order valence-electron chi connectivity index (χ4n) is 3.14. The Morgan fingerprint density at radius 1 is 1.37 bits per heavy atom. The van der Waals surface area contributed by atoms with E-state index < -0.39 is 0 Å². The van der Waals surface area contributed by atoms with Gasteiger partial charge >= 0.3 is 0 Å². The maximum absolute atomic E-state index is 4.50. The molecule has 1 fully saturated rings. The molecule has 108 valence electrons. The Labute approximate surface area is 117 Å². The van der Waals surface area contributed by atoms with E-state index in [0.717, 1.165) is 24.8 Å². The summed E-state index contributed by atoms with van der Waals surface area (Å²) in [6.07, 6.45) is 8.29. The number of nitrogens with zero attached hydrogens (tertiary/aromatic N) is 3. The molecular weight excluding hydrogens is 236 g/mol. The van der Waals surface area contributed by atoms with Gasteiger partial charge in [-0.15, -0.1) is 0 Å². The van der Waals surface area contributed by atoms with Crippen molar-refractivity contribution >= 4 is 0 Å². The zero-order chi connectivity index (χ0) is 13.7. The van der Waals surface area contributed by atoms with Crippen molar-refractivity contribution in [3.05, 3.63) is 12.2 Å². The van der Waals surface area contributed by atoms with E-state index in [1.165, 1.54) is 32.1 Å². The molecule has 2 rings (SSSR count). The van der Waals surface area contributed by atoms with Crippen molar-refractivity contribution in [1.82, 2.24) is 20.1 Å². The number of hydrogen-bond acceptors (Lipinski definition) is 3. The molecule has 2 atom stereocenters. The van der Waals surface area contributed by atoms with E-state index in [0.29, 0.717) is 12.0 Å². The summed E-state index contributed by atoms with van der Waals surface area (Å²) in [5.41, 5.74) is 0. The molecule has 1 aliphatic carbocycles. The average Bonchev–Trinajstić information content (AvgIpc) is 2.86. The van der Waals surface area contributed by atoms with Gasteiger partial charge in [-0.25, -0.2) is 9.67 Å². The Morgan fingerprint density at radius 3 is 2.89 bits per heavy atom. The molecule has 0 aliphatic heterocycles. The predicted molar refractivity (Wildman–Crippen MR) is 77.9 cm³/mol. The van der Waals surface area contributed by atoms with Gasteiger partial charge in [-0.3, -0.25) is 0 Å². The van der Waals surface area contributed by atoms with Crippen molar-refractivity contribution in [2.45, 2.75) is 65.5 Å². The van der Waals surface area contributed by atoms with Gasteiger partial charge in [0.15, 0.2) is 0 Å². The minimum atomic E-state index is 0.567. The van der Waals surface area contributed by atoms with Crippen LogP contribution >= 0.6 is 0 Å². The van der Waals surface area contributed by atoms with Crippen LogP contribution in [-0.4, -0.2) is 21.3 Å². The molecule has 0 saturated heterocycles. The van der Waals surface area contributed by atoms with Crippen molar-refractivity contribution in [2.75, 3.05) is 6.54 Å². The van der Waals surface area contributed by atoms with Gasteiger partial charge in [0.05, 0.1) is 12.6 Å². The van der Waals surface area contributed by atoms with Crippen LogP contribution in [0.4, 0.5) is 0 Å². The summed E-state index contributed by atoms with van der Waals surface area (Å²) < 4.78 is 2.20. The van der Waals surface area contributed by atoms with Crippen LogP contribution in [0, 0.1) is 11.8 Å². The molecular formula is C15H28N4. The van der Waals surface area contributed by atoms with Crippen LogP contribution in [0.2, 0.25) is 0 Å². The van der Waals surface area contributed by atoms with E-state index in [9.17, 15) is 0 Å². The normalized spacial score (nSPS) is 24.0. The third-order valence-electron chi connectivity index (χ3n) is 4.19. The van der Waals surface area contributed by atoms with Crippen LogP contribution in [0.5, 0.6) is 0 Å². The standard InChI is InChI=1S/C15H28N4/c1-4-13-7-5-6-8-14(13)19-15(17-11-18-19)10-16-9-12(2)3/h11-14,16H,4-10H2,1-3H3. The van der Waals surface area contributed by atoms with Gasteiger partial charge in [0.1, 0.15) is 12.2 Å². The minimum absolute atomic E-state index is 0.567. The van der Waals surface area contributed by atoms with Crippen molar-refractivity contribution < 1.29 is 0 Å². The van der Waals surface area contributed by atoms with Gasteiger partial charge in [-0.2, -0.15) is 5.10 Å². The lowest BCUT2D eigenvalue weighted by molar-refractivity contribution is 0.211. The predicted octanol–water partition coefficient (Wildman–Crippen LogP) is 3.17. The Hall–Kier alpha value is -0.900. The highest BCUT2D eigenvalue weighted by molar-refractivity contribution is 4.90. The van der Waals surface area contributed by atoms with E-state index in [-0.39, 0.29) is 0 Å². The Morgan fingerprint density at radius 2 is 2.16 bits per heavy atom. The first kappa shape index (κ1) is 14.5. The third-order valence-corrected chi connectivity index (χ3v) is 4.19. The quantitative estimate of drug-likeness (QED) is 0.858. The molecule has 0 radical (unpaired) electrons. The lowest BCUT2D eigenvalue weighted by Crippen LogP contribution is -2.28. The van der Waals surface area contributed by atoms with Gasteiger partial charge in [-0.1, -0.05) is 40.0 Å². The maximum Gasteiger partial charge on any atom is 0.141 e. The maximum atomic E-state index is 4.50. The topological polar surface area (TPSA) is 42.7 Å². The molecule has 0 bridgehead atoms. The van der Waals surface area contributed by atoms with Crippen molar-refractivity contribution in [1.29, 1.82) is 0 Å². The summed E-state index contributed by atoms with van der Waals surface area (Å²) in [6, 6.07) is 0.567. The molecule has 2 unspecified atom stereocenters. The van der Waals surface area contributed by atoms with Crippen LogP contribution in [0.3, 0.4) is 0 Å². The zero-order valence-corrected chi connectivity index (χ0v) is 12.6. The summed E-state index contributed by atoms with van der Waals surface area (Å²) in [5, 5.41) is 7.98. The van der Waals surface area contributed by atoms with Gasteiger partial charge in [0, 0.05) is 0 Å². The molecule has 4 heteroatoms. The molecule has 4 nitrogen and oxygen atoms in total. The molecule has 0 amide bonds. The number of rotatable bonds is 6. The molecule has 1 aromatic rings. The lowest BCUT2D eigenvalue weighted by Gasteiger charge is -2.31.